The van der Waals surface area contributed by atoms with Crippen molar-refractivity contribution in [2.45, 2.75) is 24.9 Å². The van der Waals surface area contributed by atoms with Crippen LogP contribution in [0.3, 0.4) is 0 Å². The van der Waals surface area contributed by atoms with Crippen molar-refractivity contribution in [3.05, 3.63) is 29.7 Å². The van der Waals surface area contributed by atoms with Gasteiger partial charge in [-0.05, 0) is 25.3 Å². The fourth-order valence-corrected chi connectivity index (χ4v) is 2.52. The van der Waals surface area contributed by atoms with Crippen LogP contribution in [-0.4, -0.2) is 25.5 Å². The van der Waals surface area contributed by atoms with E-state index in [2.05, 4.69) is 15.1 Å². The molecule has 2 heterocycles. The second-order valence-corrected chi connectivity index (χ2v) is 5.25. The molecule has 0 bridgehead atoms. The van der Waals surface area contributed by atoms with E-state index in [1.807, 2.05) is 31.0 Å². The topological polar surface area (TPSA) is 69.6 Å². The van der Waals surface area contributed by atoms with Crippen molar-refractivity contribution in [2.24, 2.45) is 7.05 Å². The summed E-state index contributed by atoms with van der Waals surface area (Å²) in [7, 11) is 1.93. The second kappa shape index (κ2) is 5.86. The first-order valence-corrected chi connectivity index (χ1v) is 6.83. The van der Waals surface area contributed by atoms with Crippen molar-refractivity contribution in [2.75, 3.05) is 11.5 Å². The van der Waals surface area contributed by atoms with Gasteiger partial charge in [-0.25, -0.2) is 9.97 Å². The van der Waals surface area contributed by atoms with Crippen LogP contribution in [0.5, 0.6) is 0 Å². The van der Waals surface area contributed by atoms with Crippen molar-refractivity contribution in [3.8, 4) is 0 Å². The molecular weight excluding hydrogens is 246 g/mol. The lowest BCUT2D eigenvalue weighted by Crippen LogP contribution is -1.97. The summed E-state index contributed by atoms with van der Waals surface area (Å²) >= 11 is 1.65. The lowest BCUT2D eigenvalue weighted by atomic mass is 10.2. The predicted octanol–water partition coefficient (Wildman–Crippen LogP) is 1.83. The molecule has 6 heteroatoms. The SMILES string of the molecule is Cc1cc(N)nc(SCCCc2cnn(C)c2)n1. The van der Waals surface area contributed by atoms with E-state index in [0.717, 1.165) is 29.4 Å². The molecule has 0 aliphatic heterocycles. The van der Waals surface area contributed by atoms with Crippen molar-refractivity contribution >= 4 is 17.6 Å². The Labute approximate surface area is 111 Å². The third-order valence-corrected chi connectivity index (χ3v) is 3.39. The molecule has 0 spiro atoms. The average Bonchev–Trinajstić information content (AvgIpc) is 2.69. The molecule has 0 fully saturated rings. The van der Waals surface area contributed by atoms with E-state index in [1.54, 1.807) is 17.8 Å². The summed E-state index contributed by atoms with van der Waals surface area (Å²) in [6.07, 6.45) is 6.06. The first-order chi connectivity index (χ1) is 8.63. The Kier molecular flexibility index (Phi) is 4.19. The Hall–Kier alpha value is -1.56. The van der Waals surface area contributed by atoms with E-state index >= 15 is 0 Å². The summed E-state index contributed by atoms with van der Waals surface area (Å²) in [6, 6.07) is 1.78. The largest absolute Gasteiger partial charge is 0.384 e. The molecule has 2 rings (SSSR count). The van der Waals surface area contributed by atoms with Gasteiger partial charge in [-0.2, -0.15) is 5.10 Å². The van der Waals surface area contributed by atoms with Gasteiger partial charge in [0.2, 0.25) is 0 Å². The summed E-state index contributed by atoms with van der Waals surface area (Å²) < 4.78 is 1.83. The molecule has 0 radical (unpaired) electrons. The highest BCUT2D eigenvalue weighted by Gasteiger charge is 2.01. The number of thioether (sulfide) groups is 1. The van der Waals surface area contributed by atoms with Crippen LogP contribution in [-0.2, 0) is 13.5 Å². The molecular formula is C12H17N5S. The first kappa shape index (κ1) is 12.9. The minimum absolute atomic E-state index is 0.539. The molecule has 0 aliphatic rings. The van der Waals surface area contributed by atoms with E-state index < -0.39 is 0 Å². The molecule has 18 heavy (non-hydrogen) atoms. The van der Waals surface area contributed by atoms with Crippen molar-refractivity contribution in [1.29, 1.82) is 0 Å². The molecule has 0 saturated carbocycles. The van der Waals surface area contributed by atoms with Gasteiger partial charge in [-0.3, -0.25) is 4.68 Å². The first-order valence-electron chi connectivity index (χ1n) is 5.85. The van der Waals surface area contributed by atoms with Crippen LogP contribution in [0.15, 0.2) is 23.6 Å². The van der Waals surface area contributed by atoms with Gasteiger partial charge in [-0.1, -0.05) is 11.8 Å². The number of aryl methyl sites for hydroxylation is 3. The molecule has 2 aromatic heterocycles. The highest BCUT2D eigenvalue weighted by molar-refractivity contribution is 7.99. The maximum absolute atomic E-state index is 5.68. The monoisotopic (exact) mass is 263 g/mol. The molecule has 0 aromatic carbocycles. The summed E-state index contributed by atoms with van der Waals surface area (Å²) in [6.45, 7) is 1.93. The zero-order valence-electron chi connectivity index (χ0n) is 10.6. The van der Waals surface area contributed by atoms with Crippen molar-refractivity contribution in [1.82, 2.24) is 19.7 Å². The highest BCUT2D eigenvalue weighted by atomic mass is 32.2. The summed E-state index contributed by atoms with van der Waals surface area (Å²) in [5, 5.41) is 4.91. The van der Waals surface area contributed by atoms with Crippen LogP contribution in [0, 0.1) is 6.92 Å². The predicted molar refractivity (Wildman–Crippen MR) is 73.4 cm³/mol. The molecule has 0 unspecified atom stereocenters. The van der Waals surface area contributed by atoms with Crippen LogP contribution < -0.4 is 5.73 Å². The molecule has 5 nitrogen and oxygen atoms in total. The van der Waals surface area contributed by atoms with Crippen molar-refractivity contribution < 1.29 is 0 Å². The second-order valence-electron chi connectivity index (χ2n) is 4.19. The quantitative estimate of drug-likeness (QED) is 0.506. The third kappa shape index (κ3) is 3.73. The van der Waals surface area contributed by atoms with Gasteiger partial charge in [-0.15, -0.1) is 0 Å². The normalized spacial score (nSPS) is 10.8. The van der Waals surface area contributed by atoms with E-state index in [4.69, 9.17) is 5.73 Å². The Bertz CT molecular complexity index is 503. The molecule has 0 aliphatic carbocycles. The standard InChI is InChI=1S/C12H17N5S/c1-9-6-11(13)16-12(15-9)18-5-3-4-10-7-14-17(2)8-10/h6-8H,3-5H2,1-2H3,(H2,13,15,16). The van der Waals surface area contributed by atoms with E-state index in [-0.39, 0.29) is 0 Å². The number of rotatable bonds is 5. The molecule has 96 valence electrons. The molecule has 2 aromatic rings. The van der Waals surface area contributed by atoms with Crippen LogP contribution in [0.25, 0.3) is 0 Å². The maximum atomic E-state index is 5.68. The van der Waals surface area contributed by atoms with E-state index in [0.29, 0.717) is 5.82 Å². The Morgan fingerprint density at radius 1 is 1.39 bits per heavy atom. The van der Waals surface area contributed by atoms with Crippen molar-refractivity contribution in [3.63, 3.8) is 0 Å². The number of nitrogens with zero attached hydrogens (tertiary/aromatic N) is 4. The fourth-order valence-electron chi connectivity index (χ4n) is 1.67. The van der Waals surface area contributed by atoms with E-state index in [9.17, 15) is 0 Å². The number of aromatic nitrogens is 4. The number of nitrogens with two attached hydrogens (primary N) is 1. The van der Waals surface area contributed by atoms with Gasteiger partial charge in [0.05, 0.1) is 6.20 Å². The number of nitrogen functional groups attached to an aromatic ring is 1. The van der Waals surface area contributed by atoms with Gasteiger partial charge >= 0.3 is 0 Å². The van der Waals surface area contributed by atoms with Gasteiger partial charge < -0.3 is 5.73 Å². The fraction of sp³-hybridized carbons (Fsp3) is 0.417. The molecule has 2 N–H and O–H groups in total. The summed E-state index contributed by atoms with van der Waals surface area (Å²) in [5.41, 5.74) is 7.86. The smallest absolute Gasteiger partial charge is 0.189 e. The molecule has 0 saturated heterocycles. The van der Waals surface area contributed by atoms with Gasteiger partial charge in [0.1, 0.15) is 5.82 Å². The lowest BCUT2D eigenvalue weighted by Gasteiger charge is -2.02. The lowest BCUT2D eigenvalue weighted by molar-refractivity contribution is 0.766. The zero-order chi connectivity index (χ0) is 13.0. The Morgan fingerprint density at radius 3 is 2.89 bits per heavy atom. The van der Waals surface area contributed by atoms with Gasteiger partial charge in [0, 0.05) is 30.8 Å². The number of hydrogen-bond acceptors (Lipinski definition) is 5. The Balaban J connectivity index is 1.78. The minimum atomic E-state index is 0.539. The summed E-state index contributed by atoms with van der Waals surface area (Å²) in [5.74, 6) is 1.52. The average molecular weight is 263 g/mol. The van der Waals surface area contributed by atoms with Gasteiger partial charge in [0.15, 0.2) is 5.16 Å². The van der Waals surface area contributed by atoms with Crippen LogP contribution in [0.4, 0.5) is 5.82 Å². The number of hydrogen-bond donors (Lipinski definition) is 1. The Morgan fingerprint density at radius 2 is 2.22 bits per heavy atom. The van der Waals surface area contributed by atoms with Crippen LogP contribution in [0.2, 0.25) is 0 Å². The molecule has 0 amide bonds. The van der Waals surface area contributed by atoms with Gasteiger partial charge in [0.25, 0.3) is 0 Å². The zero-order valence-corrected chi connectivity index (χ0v) is 11.4. The van der Waals surface area contributed by atoms with Crippen LogP contribution >= 0.6 is 11.8 Å². The van der Waals surface area contributed by atoms with Crippen LogP contribution in [0.1, 0.15) is 17.7 Å². The number of anilines is 1. The maximum Gasteiger partial charge on any atom is 0.189 e. The molecule has 0 atom stereocenters. The summed E-state index contributed by atoms with van der Waals surface area (Å²) in [4.78, 5) is 8.53. The minimum Gasteiger partial charge on any atom is -0.384 e. The highest BCUT2D eigenvalue weighted by Crippen LogP contribution is 2.17. The van der Waals surface area contributed by atoms with E-state index in [1.165, 1.54) is 5.56 Å². The third-order valence-electron chi connectivity index (χ3n) is 2.45.